The molecule has 0 bridgehead atoms. The molecule has 0 fully saturated rings. The predicted molar refractivity (Wildman–Crippen MR) is 117 cm³/mol. The molecule has 30 heavy (non-hydrogen) atoms. The van der Waals surface area contributed by atoms with E-state index in [0.29, 0.717) is 29.4 Å². The average Bonchev–Trinajstić information content (AvgIpc) is 2.97. The zero-order chi connectivity index (χ0) is 21.7. The Balaban J connectivity index is 1.87. The van der Waals surface area contributed by atoms with Gasteiger partial charge in [-0.1, -0.05) is 31.5 Å². The van der Waals surface area contributed by atoms with Gasteiger partial charge in [-0.15, -0.1) is 0 Å². The van der Waals surface area contributed by atoms with Crippen molar-refractivity contribution in [2.75, 3.05) is 19.0 Å². The van der Waals surface area contributed by atoms with Gasteiger partial charge in [0.05, 0.1) is 25.1 Å². The third-order valence-electron chi connectivity index (χ3n) is 4.97. The molecule has 0 aliphatic rings. The fourth-order valence-electron chi connectivity index (χ4n) is 3.15. The van der Waals surface area contributed by atoms with Gasteiger partial charge in [0.2, 0.25) is 0 Å². The Morgan fingerprint density at radius 1 is 1.10 bits per heavy atom. The van der Waals surface area contributed by atoms with Crippen LogP contribution in [0.3, 0.4) is 0 Å². The second-order valence-corrected chi connectivity index (χ2v) is 6.96. The molecule has 1 N–H and O–H groups in total. The number of carbonyl (C=O) groups is 1. The van der Waals surface area contributed by atoms with Crippen molar-refractivity contribution in [2.45, 2.75) is 26.7 Å². The molecule has 7 nitrogen and oxygen atoms in total. The summed E-state index contributed by atoms with van der Waals surface area (Å²) in [6.45, 7) is 4.47. The summed E-state index contributed by atoms with van der Waals surface area (Å²) >= 11 is 0. The van der Waals surface area contributed by atoms with E-state index < -0.39 is 0 Å². The molecule has 0 aliphatic carbocycles. The Hall–Kier alpha value is -3.48. The molecule has 1 heterocycles. The highest BCUT2D eigenvalue weighted by atomic mass is 16.5. The van der Waals surface area contributed by atoms with Gasteiger partial charge in [0.25, 0.3) is 11.5 Å². The van der Waals surface area contributed by atoms with Crippen LogP contribution in [0.1, 0.15) is 35.8 Å². The molecule has 0 saturated heterocycles. The number of ether oxygens (including phenoxy) is 2. The number of rotatable bonds is 8. The molecule has 2 aromatic carbocycles. The summed E-state index contributed by atoms with van der Waals surface area (Å²) in [5.41, 5.74) is 1.71. The van der Waals surface area contributed by atoms with E-state index in [9.17, 15) is 9.59 Å². The Labute approximate surface area is 175 Å². The number of carbonyl (C=O) groups excluding carboxylic acids is 1. The lowest BCUT2D eigenvalue weighted by atomic mass is 10.2. The van der Waals surface area contributed by atoms with Gasteiger partial charge < -0.3 is 14.8 Å². The fraction of sp³-hybridized carbons (Fsp3) is 0.304. The summed E-state index contributed by atoms with van der Waals surface area (Å²) in [5, 5.41) is 2.76. The quantitative estimate of drug-likeness (QED) is 0.572. The molecular weight excluding hydrogens is 382 g/mol. The molecule has 0 unspecified atom stereocenters. The second kappa shape index (κ2) is 9.35. The molecule has 0 radical (unpaired) electrons. The van der Waals surface area contributed by atoms with E-state index in [1.165, 1.54) is 11.8 Å². The third-order valence-corrected chi connectivity index (χ3v) is 4.97. The van der Waals surface area contributed by atoms with Crippen molar-refractivity contribution >= 4 is 11.6 Å². The summed E-state index contributed by atoms with van der Waals surface area (Å²) in [7, 11) is 3.31. The Morgan fingerprint density at radius 3 is 2.50 bits per heavy atom. The summed E-state index contributed by atoms with van der Waals surface area (Å²) in [6.07, 6.45) is 1.96. The Bertz CT molecular complexity index is 1080. The molecule has 1 amide bonds. The molecular formula is C23H27N3O4. The van der Waals surface area contributed by atoms with Crippen LogP contribution in [0.2, 0.25) is 0 Å². The number of para-hydroxylation sites is 1. The molecule has 0 atom stereocenters. The van der Waals surface area contributed by atoms with E-state index in [1.807, 2.05) is 30.3 Å². The molecule has 7 heteroatoms. The molecule has 0 aliphatic heterocycles. The first-order chi connectivity index (χ1) is 14.5. The number of nitrogens with one attached hydrogen (secondary N) is 1. The summed E-state index contributed by atoms with van der Waals surface area (Å²) in [5.74, 6) is 0.675. The third kappa shape index (κ3) is 4.25. The standard InChI is InChI=1S/C23H27N3O4/c1-5-6-14-30-19-13-12-17(15-20(19)29-4)22(27)24-21-16(2)25(3)26(23(21)28)18-10-8-7-9-11-18/h7-13,15H,5-6,14H2,1-4H3,(H,24,27). The zero-order valence-electron chi connectivity index (χ0n) is 17.8. The highest BCUT2D eigenvalue weighted by Crippen LogP contribution is 2.28. The van der Waals surface area contributed by atoms with Crippen LogP contribution in [0.5, 0.6) is 11.5 Å². The van der Waals surface area contributed by atoms with Crippen molar-refractivity contribution < 1.29 is 14.3 Å². The van der Waals surface area contributed by atoms with E-state index in [2.05, 4.69) is 12.2 Å². The number of hydrogen-bond donors (Lipinski definition) is 1. The van der Waals surface area contributed by atoms with Gasteiger partial charge in [-0.3, -0.25) is 14.3 Å². The van der Waals surface area contributed by atoms with Crippen LogP contribution >= 0.6 is 0 Å². The number of nitrogens with zero attached hydrogens (tertiary/aromatic N) is 2. The predicted octanol–water partition coefficient (Wildman–Crippen LogP) is 3.92. The number of aromatic nitrogens is 2. The monoisotopic (exact) mass is 409 g/mol. The molecule has 3 rings (SSSR count). The van der Waals surface area contributed by atoms with Crippen molar-refractivity contribution in [1.82, 2.24) is 9.36 Å². The van der Waals surface area contributed by atoms with Crippen LogP contribution < -0.4 is 20.3 Å². The van der Waals surface area contributed by atoms with E-state index in [0.717, 1.165) is 18.5 Å². The van der Waals surface area contributed by atoms with Crippen LogP contribution in [0.15, 0.2) is 53.3 Å². The van der Waals surface area contributed by atoms with Gasteiger partial charge in [0.15, 0.2) is 11.5 Å². The number of amides is 1. The number of hydrogen-bond acceptors (Lipinski definition) is 4. The average molecular weight is 409 g/mol. The highest BCUT2D eigenvalue weighted by molar-refractivity contribution is 6.04. The van der Waals surface area contributed by atoms with Crippen LogP contribution in [0.25, 0.3) is 5.69 Å². The molecule has 0 spiro atoms. The first-order valence-corrected chi connectivity index (χ1v) is 9.94. The smallest absolute Gasteiger partial charge is 0.295 e. The first kappa shape index (κ1) is 21.2. The van der Waals surface area contributed by atoms with Crippen LogP contribution in [-0.4, -0.2) is 29.0 Å². The molecule has 0 saturated carbocycles. The lowest BCUT2D eigenvalue weighted by Crippen LogP contribution is -2.23. The summed E-state index contributed by atoms with van der Waals surface area (Å²) in [6, 6.07) is 14.3. The second-order valence-electron chi connectivity index (χ2n) is 6.96. The van der Waals surface area contributed by atoms with Gasteiger partial charge >= 0.3 is 0 Å². The molecule has 1 aromatic heterocycles. The largest absolute Gasteiger partial charge is 0.493 e. The maximum Gasteiger partial charge on any atom is 0.295 e. The van der Waals surface area contributed by atoms with Crippen LogP contribution in [0, 0.1) is 6.92 Å². The van der Waals surface area contributed by atoms with E-state index >= 15 is 0 Å². The zero-order valence-corrected chi connectivity index (χ0v) is 17.8. The summed E-state index contributed by atoms with van der Waals surface area (Å²) < 4.78 is 14.3. The van der Waals surface area contributed by atoms with Crippen molar-refractivity contribution in [3.05, 3.63) is 70.1 Å². The van der Waals surface area contributed by atoms with E-state index in [4.69, 9.17) is 9.47 Å². The van der Waals surface area contributed by atoms with Crippen molar-refractivity contribution in [2.24, 2.45) is 7.05 Å². The Morgan fingerprint density at radius 2 is 1.83 bits per heavy atom. The van der Waals surface area contributed by atoms with Gasteiger partial charge in [0.1, 0.15) is 5.69 Å². The van der Waals surface area contributed by atoms with Crippen molar-refractivity contribution in [3.63, 3.8) is 0 Å². The number of benzene rings is 2. The van der Waals surface area contributed by atoms with Gasteiger partial charge in [-0.25, -0.2) is 4.68 Å². The first-order valence-electron chi connectivity index (χ1n) is 9.94. The minimum Gasteiger partial charge on any atom is -0.493 e. The van der Waals surface area contributed by atoms with Gasteiger partial charge in [-0.2, -0.15) is 0 Å². The van der Waals surface area contributed by atoms with Crippen molar-refractivity contribution in [1.29, 1.82) is 0 Å². The molecule has 158 valence electrons. The lowest BCUT2D eigenvalue weighted by Gasteiger charge is -2.12. The minimum atomic E-state index is -0.389. The van der Waals surface area contributed by atoms with Crippen LogP contribution in [0.4, 0.5) is 5.69 Å². The summed E-state index contributed by atoms with van der Waals surface area (Å²) in [4.78, 5) is 25.8. The van der Waals surface area contributed by atoms with Crippen LogP contribution in [-0.2, 0) is 7.05 Å². The Kier molecular flexibility index (Phi) is 6.61. The normalized spacial score (nSPS) is 10.7. The van der Waals surface area contributed by atoms with Crippen molar-refractivity contribution in [3.8, 4) is 17.2 Å². The number of anilines is 1. The minimum absolute atomic E-state index is 0.244. The van der Waals surface area contributed by atoms with E-state index in [1.54, 1.807) is 36.9 Å². The molecule has 3 aromatic rings. The fourth-order valence-corrected chi connectivity index (χ4v) is 3.15. The topological polar surface area (TPSA) is 74.5 Å². The number of unbranched alkanes of at least 4 members (excludes halogenated alkanes) is 1. The number of methoxy groups -OCH3 is 1. The maximum absolute atomic E-state index is 13.0. The van der Waals surface area contributed by atoms with E-state index in [-0.39, 0.29) is 17.2 Å². The maximum atomic E-state index is 13.0. The van der Waals surface area contributed by atoms with Gasteiger partial charge in [-0.05, 0) is 43.7 Å². The SMILES string of the molecule is CCCCOc1ccc(C(=O)Nc2c(C)n(C)n(-c3ccccc3)c2=O)cc1OC. The highest BCUT2D eigenvalue weighted by Gasteiger charge is 2.19. The lowest BCUT2D eigenvalue weighted by molar-refractivity contribution is 0.102. The van der Waals surface area contributed by atoms with Gasteiger partial charge in [0, 0.05) is 12.6 Å².